The van der Waals surface area contributed by atoms with Crippen molar-refractivity contribution < 1.29 is 9.59 Å². The van der Waals surface area contributed by atoms with Crippen LogP contribution in [0.4, 0.5) is 0 Å². The van der Waals surface area contributed by atoms with Crippen molar-refractivity contribution in [2.24, 2.45) is 11.7 Å². The number of amides is 2. The van der Waals surface area contributed by atoms with Crippen LogP contribution in [-0.4, -0.2) is 46.8 Å². The van der Waals surface area contributed by atoms with Crippen LogP contribution in [0.2, 0.25) is 0 Å². The lowest BCUT2D eigenvalue weighted by atomic mass is 9.84. The molecule has 1 aliphatic carbocycles. The molecule has 0 spiro atoms. The zero-order chi connectivity index (χ0) is 20.6. The second-order valence-electron chi connectivity index (χ2n) is 9.28. The first kappa shape index (κ1) is 20.6. The van der Waals surface area contributed by atoms with Gasteiger partial charge in [-0.25, -0.2) is 0 Å². The number of primary amides is 1. The SMILES string of the molecule is CC(C)(C(N)=O)N1CCC(c2cc(C(=O)N3CCCC4CCCC=C43)cs2)CC1. The lowest BCUT2D eigenvalue weighted by Crippen LogP contribution is -2.55. The van der Waals surface area contributed by atoms with Crippen molar-refractivity contribution in [3.63, 3.8) is 0 Å². The summed E-state index contributed by atoms with van der Waals surface area (Å²) in [4.78, 5) is 30.5. The number of hydrogen-bond acceptors (Lipinski definition) is 4. The third-order valence-corrected chi connectivity index (χ3v) is 8.27. The Bertz CT molecular complexity index is 805. The van der Waals surface area contributed by atoms with Gasteiger partial charge in [0.25, 0.3) is 5.91 Å². The normalized spacial score (nSPS) is 24.1. The van der Waals surface area contributed by atoms with Crippen molar-refractivity contribution in [1.82, 2.24) is 9.80 Å². The van der Waals surface area contributed by atoms with E-state index in [0.717, 1.165) is 50.9 Å². The molecule has 1 aromatic heterocycles. The maximum absolute atomic E-state index is 13.2. The molecule has 158 valence electrons. The largest absolute Gasteiger partial charge is 0.368 e. The zero-order valence-corrected chi connectivity index (χ0v) is 18.5. The van der Waals surface area contributed by atoms with Gasteiger partial charge in [0.1, 0.15) is 0 Å². The molecule has 0 bridgehead atoms. The van der Waals surface area contributed by atoms with E-state index in [2.05, 4.69) is 21.9 Å². The number of hydrogen-bond donors (Lipinski definition) is 1. The maximum Gasteiger partial charge on any atom is 0.258 e. The van der Waals surface area contributed by atoms with Gasteiger partial charge in [-0.2, -0.15) is 0 Å². The Hall–Kier alpha value is -1.66. The Labute approximate surface area is 177 Å². The van der Waals surface area contributed by atoms with Crippen LogP contribution in [0.5, 0.6) is 0 Å². The number of allylic oxidation sites excluding steroid dienone is 2. The van der Waals surface area contributed by atoms with Gasteiger partial charge in [0.2, 0.25) is 5.91 Å². The van der Waals surface area contributed by atoms with Gasteiger partial charge in [0.05, 0.1) is 11.1 Å². The number of nitrogens with two attached hydrogens (primary N) is 1. The van der Waals surface area contributed by atoms with Gasteiger partial charge in [-0.15, -0.1) is 11.3 Å². The summed E-state index contributed by atoms with van der Waals surface area (Å²) in [6, 6.07) is 2.12. The van der Waals surface area contributed by atoms with Crippen LogP contribution in [0, 0.1) is 5.92 Å². The zero-order valence-electron chi connectivity index (χ0n) is 17.7. The topological polar surface area (TPSA) is 66.6 Å². The molecule has 3 aliphatic rings. The Morgan fingerprint density at radius 3 is 2.52 bits per heavy atom. The fourth-order valence-electron chi connectivity index (χ4n) is 5.11. The van der Waals surface area contributed by atoms with Crippen LogP contribution in [0.3, 0.4) is 0 Å². The molecule has 1 aromatic rings. The highest BCUT2D eigenvalue weighted by atomic mass is 32.1. The number of carbonyl (C=O) groups is 2. The van der Waals surface area contributed by atoms with Crippen LogP contribution < -0.4 is 5.73 Å². The van der Waals surface area contributed by atoms with Crippen LogP contribution in [0.15, 0.2) is 23.2 Å². The first-order valence-corrected chi connectivity index (χ1v) is 11.9. The third kappa shape index (κ3) is 4.02. The lowest BCUT2D eigenvalue weighted by molar-refractivity contribution is -0.129. The van der Waals surface area contributed by atoms with E-state index in [1.807, 2.05) is 19.2 Å². The molecule has 0 radical (unpaired) electrons. The van der Waals surface area contributed by atoms with Gasteiger partial charge < -0.3 is 10.6 Å². The Morgan fingerprint density at radius 1 is 1.07 bits per heavy atom. The second kappa shape index (κ2) is 8.23. The average molecular weight is 416 g/mol. The molecule has 3 heterocycles. The number of carbonyl (C=O) groups excluding carboxylic acids is 2. The summed E-state index contributed by atoms with van der Waals surface area (Å²) in [6.45, 7) is 6.39. The number of rotatable bonds is 4. The van der Waals surface area contributed by atoms with E-state index in [-0.39, 0.29) is 11.8 Å². The molecule has 2 fully saturated rings. The molecular formula is C23H33N3O2S. The summed E-state index contributed by atoms with van der Waals surface area (Å²) in [5, 5.41) is 2.05. The fraction of sp³-hybridized carbons (Fsp3) is 0.652. The highest BCUT2D eigenvalue weighted by Crippen LogP contribution is 2.38. The number of nitrogens with zero attached hydrogens (tertiary/aromatic N) is 2. The van der Waals surface area contributed by atoms with E-state index in [0.29, 0.717) is 11.8 Å². The van der Waals surface area contributed by atoms with E-state index in [4.69, 9.17) is 5.73 Å². The highest BCUT2D eigenvalue weighted by molar-refractivity contribution is 7.10. The molecule has 0 aromatic carbocycles. The van der Waals surface area contributed by atoms with Crippen LogP contribution in [0.1, 0.15) is 79.9 Å². The molecule has 2 N–H and O–H groups in total. The summed E-state index contributed by atoms with van der Waals surface area (Å²) < 4.78 is 0. The minimum absolute atomic E-state index is 0.178. The van der Waals surface area contributed by atoms with Crippen molar-refractivity contribution in [2.45, 2.75) is 70.3 Å². The summed E-state index contributed by atoms with van der Waals surface area (Å²) in [7, 11) is 0. The predicted octanol–water partition coefficient (Wildman–Crippen LogP) is 4.11. The average Bonchev–Trinajstić information content (AvgIpc) is 3.23. The van der Waals surface area contributed by atoms with Gasteiger partial charge in [0, 0.05) is 22.5 Å². The molecule has 0 saturated carbocycles. The van der Waals surface area contributed by atoms with E-state index in [1.165, 1.54) is 29.8 Å². The quantitative estimate of drug-likeness (QED) is 0.805. The van der Waals surface area contributed by atoms with Crippen LogP contribution >= 0.6 is 11.3 Å². The van der Waals surface area contributed by atoms with E-state index in [9.17, 15) is 9.59 Å². The minimum atomic E-state index is -0.597. The first-order valence-electron chi connectivity index (χ1n) is 11.0. The standard InChI is InChI=1S/C23H33N3O2S/c1-23(2,22(24)28)25-12-9-17(10-13-25)20-14-18(15-29-20)21(27)26-11-5-7-16-6-3-4-8-19(16)26/h8,14-17H,3-7,9-13H2,1-2H3,(H2,24,28). The Morgan fingerprint density at radius 2 is 1.79 bits per heavy atom. The minimum Gasteiger partial charge on any atom is -0.368 e. The second-order valence-corrected chi connectivity index (χ2v) is 10.2. The van der Waals surface area contributed by atoms with Crippen molar-refractivity contribution in [2.75, 3.05) is 19.6 Å². The van der Waals surface area contributed by atoms with Gasteiger partial charge in [0.15, 0.2) is 0 Å². The van der Waals surface area contributed by atoms with Gasteiger partial charge in [-0.3, -0.25) is 14.5 Å². The molecule has 29 heavy (non-hydrogen) atoms. The van der Waals surface area contributed by atoms with Gasteiger partial charge in [-0.05, 0) is 89.8 Å². The Balaban J connectivity index is 1.42. The molecule has 2 saturated heterocycles. The molecule has 2 amide bonds. The first-order chi connectivity index (χ1) is 13.9. The number of likely N-dealkylation sites (tertiary alicyclic amines) is 2. The van der Waals surface area contributed by atoms with Crippen molar-refractivity contribution in [3.8, 4) is 0 Å². The molecule has 1 atom stereocenters. The molecular weight excluding hydrogens is 382 g/mol. The van der Waals surface area contributed by atoms with Crippen molar-refractivity contribution >= 4 is 23.2 Å². The molecule has 2 aliphatic heterocycles. The summed E-state index contributed by atoms with van der Waals surface area (Å²) in [6.07, 6.45) is 10.2. The van der Waals surface area contributed by atoms with Crippen molar-refractivity contribution in [1.29, 1.82) is 0 Å². The fourth-order valence-corrected chi connectivity index (χ4v) is 6.16. The molecule has 1 unspecified atom stereocenters. The number of fused-ring (bicyclic) bond motifs is 1. The molecule has 6 heteroatoms. The molecule has 5 nitrogen and oxygen atoms in total. The van der Waals surface area contributed by atoms with E-state index in [1.54, 1.807) is 11.3 Å². The van der Waals surface area contributed by atoms with Crippen LogP contribution in [-0.2, 0) is 4.79 Å². The monoisotopic (exact) mass is 415 g/mol. The summed E-state index contributed by atoms with van der Waals surface area (Å²) >= 11 is 1.72. The number of piperidine rings is 2. The highest BCUT2D eigenvalue weighted by Gasteiger charge is 2.36. The van der Waals surface area contributed by atoms with E-state index >= 15 is 0 Å². The molecule has 4 rings (SSSR count). The number of thiophene rings is 1. The van der Waals surface area contributed by atoms with E-state index < -0.39 is 5.54 Å². The smallest absolute Gasteiger partial charge is 0.258 e. The maximum atomic E-state index is 13.2. The summed E-state index contributed by atoms with van der Waals surface area (Å²) in [5.41, 5.74) is 7.10. The summed E-state index contributed by atoms with van der Waals surface area (Å²) in [5.74, 6) is 0.955. The van der Waals surface area contributed by atoms with Gasteiger partial charge >= 0.3 is 0 Å². The van der Waals surface area contributed by atoms with Gasteiger partial charge in [-0.1, -0.05) is 6.08 Å². The lowest BCUT2D eigenvalue weighted by Gasteiger charge is -2.40. The predicted molar refractivity (Wildman–Crippen MR) is 117 cm³/mol. The third-order valence-electron chi connectivity index (χ3n) is 7.18. The Kier molecular flexibility index (Phi) is 5.85. The van der Waals surface area contributed by atoms with Crippen molar-refractivity contribution in [3.05, 3.63) is 33.7 Å². The van der Waals surface area contributed by atoms with Crippen LogP contribution in [0.25, 0.3) is 0 Å².